The highest BCUT2D eigenvalue weighted by Crippen LogP contribution is 2.48. The van der Waals surface area contributed by atoms with Crippen molar-refractivity contribution in [1.82, 2.24) is 0 Å². The molecule has 31 heavy (non-hydrogen) atoms. The minimum atomic E-state index is -0.896. The molecule has 0 saturated carbocycles. The number of amides is 2. The maximum Gasteiger partial charge on any atom is 0.266 e. The van der Waals surface area contributed by atoms with E-state index in [4.69, 9.17) is 9.57 Å². The van der Waals surface area contributed by atoms with Gasteiger partial charge in [-0.3, -0.25) is 14.4 Å². The zero-order chi connectivity index (χ0) is 21.4. The average molecular weight is 414 g/mol. The monoisotopic (exact) mass is 414 g/mol. The van der Waals surface area contributed by atoms with Crippen molar-refractivity contribution < 1.29 is 19.2 Å². The van der Waals surface area contributed by atoms with Crippen molar-refractivity contribution in [3.05, 3.63) is 90.5 Å². The van der Waals surface area contributed by atoms with Crippen molar-refractivity contribution in [3.63, 3.8) is 0 Å². The summed E-state index contributed by atoms with van der Waals surface area (Å²) >= 11 is 0. The number of benzene rings is 3. The van der Waals surface area contributed by atoms with Gasteiger partial charge in [0.1, 0.15) is 11.7 Å². The zero-order valence-electron chi connectivity index (χ0n) is 17.0. The second-order valence-electron chi connectivity index (χ2n) is 7.48. The Bertz CT molecular complexity index is 1100. The number of carbonyl (C=O) groups excluding carboxylic acids is 2. The van der Waals surface area contributed by atoms with Crippen molar-refractivity contribution in [2.75, 3.05) is 16.6 Å². The largest absolute Gasteiger partial charge is 0.492 e. The van der Waals surface area contributed by atoms with Crippen LogP contribution in [-0.2, 0) is 14.4 Å². The lowest BCUT2D eigenvalue weighted by Gasteiger charge is -2.29. The van der Waals surface area contributed by atoms with E-state index >= 15 is 0 Å². The minimum absolute atomic E-state index is 0.283. The molecule has 2 amide bonds. The molecule has 2 fully saturated rings. The van der Waals surface area contributed by atoms with Crippen molar-refractivity contribution in [2.24, 2.45) is 5.92 Å². The van der Waals surface area contributed by atoms with Gasteiger partial charge in [0.05, 0.1) is 24.0 Å². The molecular formula is C25H22N2O4. The molecule has 6 nitrogen and oxygen atoms in total. The van der Waals surface area contributed by atoms with E-state index in [0.717, 1.165) is 11.3 Å². The first-order chi connectivity index (χ1) is 15.2. The molecule has 0 radical (unpaired) electrons. The number of carbonyl (C=O) groups is 2. The number of hydrogen-bond donors (Lipinski definition) is 0. The summed E-state index contributed by atoms with van der Waals surface area (Å²) in [6.07, 6.45) is -0.896. The van der Waals surface area contributed by atoms with E-state index in [2.05, 4.69) is 0 Å². The summed E-state index contributed by atoms with van der Waals surface area (Å²) in [6.45, 7) is 2.30. The number of fused-ring (bicyclic) bond motifs is 1. The van der Waals surface area contributed by atoms with Crippen LogP contribution in [0.2, 0.25) is 0 Å². The van der Waals surface area contributed by atoms with Gasteiger partial charge >= 0.3 is 0 Å². The molecule has 0 N–H and O–H groups in total. The van der Waals surface area contributed by atoms with Crippen LogP contribution in [0.15, 0.2) is 84.9 Å². The number of hydrogen-bond acceptors (Lipinski definition) is 5. The molecule has 0 aromatic heterocycles. The Balaban J connectivity index is 1.58. The maximum absolute atomic E-state index is 13.7. The Morgan fingerprint density at radius 1 is 0.839 bits per heavy atom. The second kappa shape index (κ2) is 7.89. The molecule has 2 saturated heterocycles. The number of nitrogens with zero attached hydrogens (tertiary/aromatic N) is 2. The van der Waals surface area contributed by atoms with Gasteiger partial charge < -0.3 is 4.74 Å². The predicted octanol–water partition coefficient (Wildman–Crippen LogP) is 4.14. The Morgan fingerprint density at radius 3 is 2.19 bits per heavy atom. The van der Waals surface area contributed by atoms with Gasteiger partial charge in [-0.05, 0) is 36.8 Å². The van der Waals surface area contributed by atoms with E-state index in [1.165, 1.54) is 4.90 Å². The standard InChI is InChI=1S/C25H22N2O4/c1-2-30-20-16-10-9-15-19(20)26-24(28)21-22(17-11-5-3-6-12-17)27(31-23(21)25(26)29)18-13-7-4-8-14-18/h3-16,21-23H,2H2,1H3/t21-,22-,23+/m1/s1. The summed E-state index contributed by atoms with van der Waals surface area (Å²) in [6, 6.07) is 25.9. The first-order valence-electron chi connectivity index (χ1n) is 10.4. The van der Waals surface area contributed by atoms with Crippen LogP contribution in [0, 0.1) is 5.92 Å². The van der Waals surface area contributed by atoms with E-state index < -0.39 is 18.1 Å². The molecule has 0 spiro atoms. The summed E-state index contributed by atoms with van der Waals surface area (Å²) < 4.78 is 5.67. The number of imide groups is 1. The predicted molar refractivity (Wildman–Crippen MR) is 117 cm³/mol. The summed E-state index contributed by atoms with van der Waals surface area (Å²) in [5, 5.41) is 1.70. The Kier molecular flexibility index (Phi) is 4.92. The summed E-state index contributed by atoms with van der Waals surface area (Å²) in [5.74, 6) is -0.816. The molecular weight excluding hydrogens is 392 g/mol. The van der Waals surface area contributed by atoms with Crippen LogP contribution in [0.25, 0.3) is 0 Å². The van der Waals surface area contributed by atoms with Crippen LogP contribution in [0.5, 0.6) is 5.75 Å². The molecule has 2 heterocycles. The smallest absolute Gasteiger partial charge is 0.266 e. The normalized spacial score (nSPS) is 22.7. The highest BCUT2D eigenvalue weighted by atomic mass is 16.7. The van der Waals surface area contributed by atoms with Gasteiger partial charge in [-0.15, -0.1) is 0 Å². The van der Waals surface area contributed by atoms with Crippen molar-refractivity contribution in [2.45, 2.75) is 19.1 Å². The van der Waals surface area contributed by atoms with Gasteiger partial charge in [-0.1, -0.05) is 60.7 Å². The summed E-state index contributed by atoms with van der Waals surface area (Å²) in [4.78, 5) is 34.4. The van der Waals surface area contributed by atoms with Gasteiger partial charge in [-0.25, -0.2) is 9.96 Å². The Labute approximate surface area is 180 Å². The number of hydroxylamine groups is 1. The van der Waals surface area contributed by atoms with Gasteiger partial charge in [0.2, 0.25) is 5.91 Å². The van der Waals surface area contributed by atoms with Crippen molar-refractivity contribution in [3.8, 4) is 5.75 Å². The lowest BCUT2D eigenvalue weighted by Crippen LogP contribution is -2.37. The molecule has 0 aliphatic carbocycles. The van der Waals surface area contributed by atoms with Crippen LogP contribution in [-0.4, -0.2) is 24.5 Å². The molecule has 3 atom stereocenters. The lowest BCUT2D eigenvalue weighted by atomic mass is 9.90. The van der Waals surface area contributed by atoms with Crippen molar-refractivity contribution in [1.29, 1.82) is 0 Å². The first kappa shape index (κ1) is 19.3. The Morgan fingerprint density at radius 2 is 1.48 bits per heavy atom. The Hall–Kier alpha value is -3.64. The van der Waals surface area contributed by atoms with Gasteiger partial charge in [-0.2, -0.15) is 0 Å². The van der Waals surface area contributed by atoms with Crippen LogP contribution < -0.4 is 14.7 Å². The molecule has 3 aromatic carbocycles. The topological polar surface area (TPSA) is 59.1 Å². The molecule has 0 bridgehead atoms. The SMILES string of the molecule is CCOc1ccccc1N1C(=O)[C@H]2[C@H](ON(c3ccccc3)[C@@H]2c2ccccc2)C1=O. The number of rotatable bonds is 5. The fourth-order valence-corrected chi connectivity index (χ4v) is 4.36. The fourth-order valence-electron chi connectivity index (χ4n) is 4.36. The maximum atomic E-state index is 13.7. The molecule has 3 aromatic rings. The molecule has 2 aliphatic rings. The van der Waals surface area contributed by atoms with E-state index in [1.54, 1.807) is 23.3 Å². The molecule has 0 unspecified atom stereocenters. The molecule has 2 aliphatic heterocycles. The molecule has 6 heteroatoms. The summed E-state index contributed by atoms with van der Waals surface area (Å²) in [5.41, 5.74) is 2.17. The van der Waals surface area contributed by atoms with Crippen LogP contribution in [0.1, 0.15) is 18.5 Å². The lowest BCUT2D eigenvalue weighted by molar-refractivity contribution is -0.126. The van der Waals surface area contributed by atoms with E-state index in [1.807, 2.05) is 73.7 Å². The fraction of sp³-hybridized carbons (Fsp3) is 0.200. The van der Waals surface area contributed by atoms with E-state index in [0.29, 0.717) is 18.0 Å². The van der Waals surface area contributed by atoms with Crippen LogP contribution in [0.4, 0.5) is 11.4 Å². The second-order valence-corrected chi connectivity index (χ2v) is 7.48. The van der Waals surface area contributed by atoms with Gasteiger partial charge in [0, 0.05) is 0 Å². The third kappa shape index (κ3) is 3.16. The minimum Gasteiger partial charge on any atom is -0.492 e. The summed E-state index contributed by atoms with van der Waals surface area (Å²) in [7, 11) is 0. The van der Waals surface area contributed by atoms with Crippen LogP contribution in [0.3, 0.4) is 0 Å². The third-order valence-electron chi connectivity index (χ3n) is 5.67. The number of ether oxygens (including phenoxy) is 1. The number of anilines is 2. The molecule has 5 rings (SSSR count). The zero-order valence-corrected chi connectivity index (χ0v) is 17.0. The third-order valence-corrected chi connectivity index (χ3v) is 5.67. The van der Waals surface area contributed by atoms with Crippen molar-refractivity contribution >= 4 is 23.2 Å². The van der Waals surface area contributed by atoms with Gasteiger partial charge in [0.15, 0.2) is 6.10 Å². The van der Waals surface area contributed by atoms with E-state index in [9.17, 15) is 9.59 Å². The van der Waals surface area contributed by atoms with Gasteiger partial charge in [0.25, 0.3) is 5.91 Å². The highest BCUT2D eigenvalue weighted by Gasteiger charge is 2.60. The van der Waals surface area contributed by atoms with Crippen LogP contribution >= 0.6 is 0 Å². The average Bonchev–Trinajstić information content (AvgIpc) is 3.32. The van der Waals surface area contributed by atoms with E-state index in [-0.39, 0.29) is 11.8 Å². The first-order valence-corrected chi connectivity index (χ1v) is 10.4. The number of para-hydroxylation sites is 3. The highest BCUT2D eigenvalue weighted by molar-refractivity contribution is 6.24. The quantitative estimate of drug-likeness (QED) is 0.588. The molecule has 156 valence electrons.